The Balaban J connectivity index is 1.68. The van der Waals surface area contributed by atoms with Crippen LogP contribution in [0.1, 0.15) is 28.7 Å². The maximum Gasteiger partial charge on any atom is 0.160 e. The van der Waals surface area contributed by atoms with Gasteiger partial charge in [0, 0.05) is 5.56 Å². The van der Waals surface area contributed by atoms with Crippen LogP contribution in [0, 0.1) is 11.6 Å². The molecule has 1 N–H and O–H groups in total. The van der Waals surface area contributed by atoms with E-state index in [1.54, 1.807) is 19.1 Å². The van der Waals surface area contributed by atoms with Gasteiger partial charge in [-0.05, 0) is 54.0 Å². The number of nitrogens with zero attached hydrogens (tertiary/aromatic N) is 1. The van der Waals surface area contributed by atoms with Crippen molar-refractivity contribution >= 4 is 29.0 Å². The molecule has 0 radical (unpaired) electrons. The van der Waals surface area contributed by atoms with E-state index in [4.69, 9.17) is 0 Å². The molecule has 3 aromatic carbocycles. The number of fused-ring (bicyclic) bond motifs is 1. The fourth-order valence-corrected chi connectivity index (χ4v) is 3.11. The summed E-state index contributed by atoms with van der Waals surface area (Å²) < 4.78 is 26.3. The highest BCUT2D eigenvalue weighted by molar-refractivity contribution is 6.01. The summed E-state index contributed by atoms with van der Waals surface area (Å²) in [5, 5.41) is 0. The minimum atomic E-state index is -0.888. The molecule has 0 spiro atoms. The molecule has 0 unspecified atom stereocenters. The normalized spacial score (nSPS) is 11.4. The van der Waals surface area contributed by atoms with E-state index in [0.717, 1.165) is 34.3 Å². The second-order valence-electron chi connectivity index (χ2n) is 6.46. The van der Waals surface area contributed by atoms with E-state index in [2.05, 4.69) is 9.97 Å². The summed E-state index contributed by atoms with van der Waals surface area (Å²) in [6.07, 6.45) is 3.36. The van der Waals surface area contributed by atoms with Crippen molar-refractivity contribution in [3.8, 4) is 11.1 Å². The molecule has 0 aliphatic heterocycles. The smallest absolute Gasteiger partial charge is 0.160 e. The average Bonchev–Trinajstić information content (AvgIpc) is 3.11. The Hall–Kier alpha value is -3.60. The van der Waals surface area contributed by atoms with Gasteiger partial charge in [0.15, 0.2) is 17.4 Å². The zero-order valence-electron chi connectivity index (χ0n) is 15.0. The van der Waals surface area contributed by atoms with Gasteiger partial charge in [0.1, 0.15) is 5.82 Å². The Bertz CT molecular complexity index is 1220. The number of Topliss-reactive ketones (excluding diaryl/α,β-unsaturated/α-hetero) is 1. The van der Waals surface area contributed by atoms with Crippen LogP contribution in [0.4, 0.5) is 8.78 Å². The molecule has 0 amide bonds. The molecule has 4 aromatic rings. The first kappa shape index (κ1) is 17.8. The summed E-state index contributed by atoms with van der Waals surface area (Å²) in [4.78, 5) is 19.6. The van der Waals surface area contributed by atoms with E-state index in [1.165, 1.54) is 6.07 Å². The maximum absolute atomic E-state index is 13.3. The van der Waals surface area contributed by atoms with E-state index in [-0.39, 0.29) is 5.78 Å². The van der Waals surface area contributed by atoms with Gasteiger partial charge in [-0.15, -0.1) is 0 Å². The van der Waals surface area contributed by atoms with Gasteiger partial charge < -0.3 is 4.98 Å². The predicted molar refractivity (Wildman–Crippen MR) is 107 cm³/mol. The molecule has 28 heavy (non-hydrogen) atoms. The number of ketones is 1. The number of aromatic amines is 1. The highest BCUT2D eigenvalue weighted by atomic mass is 19.2. The zero-order chi connectivity index (χ0) is 19.7. The van der Waals surface area contributed by atoms with Crippen molar-refractivity contribution < 1.29 is 13.6 Å². The Morgan fingerprint density at radius 1 is 0.964 bits per heavy atom. The lowest BCUT2D eigenvalue weighted by Crippen LogP contribution is -1.95. The fraction of sp³-hybridized carbons (Fsp3) is 0.0435. The molecule has 0 aliphatic rings. The predicted octanol–water partition coefficient (Wildman–Crippen LogP) is 5.88. The molecule has 3 nitrogen and oxygen atoms in total. The Kier molecular flexibility index (Phi) is 4.57. The first-order chi connectivity index (χ1) is 13.5. The van der Waals surface area contributed by atoms with Crippen LogP contribution in [0.5, 0.6) is 0 Å². The molecule has 4 rings (SSSR count). The summed E-state index contributed by atoms with van der Waals surface area (Å²) in [6.45, 7) is 1.55. The maximum atomic E-state index is 13.3. The summed E-state index contributed by atoms with van der Waals surface area (Å²) in [7, 11) is 0. The Labute approximate surface area is 160 Å². The monoisotopic (exact) mass is 374 g/mol. The van der Waals surface area contributed by atoms with Crippen molar-refractivity contribution in [2.45, 2.75) is 6.92 Å². The molecular formula is C23H16F2N2O. The van der Waals surface area contributed by atoms with Crippen LogP contribution in [-0.4, -0.2) is 15.8 Å². The summed E-state index contributed by atoms with van der Waals surface area (Å²) >= 11 is 0. The van der Waals surface area contributed by atoms with Crippen LogP contribution in [0.3, 0.4) is 0 Å². The molecule has 0 saturated heterocycles. The van der Waals surface area contributed by atoms with Crippen molar-refractivity contribution in [2.24, 2.45) is 0 Å². The largest absolute Gasteiger partial charge is 0.338 e. The fourth-order valence-electron chi connectivity index (χ4n) is 3.11. The van der Waals surface area contributed by atoms with Crippen LogP contribution in [0.25, 0.3) is 34.3 Å². The average molecular weight is 374 g/mol. The number of imidazole rings is 1. The van der Waals surface area contributed by atoms with Gasteiger partial charge in [0.05, 0.1) is 11.0 Å². The molecule has 0 atom stereocenters. The summed E-state index contributed by atoms with van der Waals surface area (Å²) in [5.41, 5.74) is 4.56. The quantitative estimate of drug-likeness (QED) is 0.453. The third-order valence-electron chi connectivity index (χ3n) is 4.50. The van der Waals surface area contributed by atoms with Crippen molar-refractivity contribution in [3.63, 3.8) is 0 Å². The molecule has 0 aliphatic carbocycles. The lowest BCUT2D eigenvalue weighted by molar-refractivity contribution is 0.101. The number of aromatic nitrogens is 2. The summed E-state index contributed by atoms with van der Waals surface area (Å²) in [5.74, 6) is -1.16. The number of H-pyrrole nitrogens is 1. The zero-order valence-corrected chi connectivity index (χ0v) is 15.0. The highest BCUT2D eigenvalue weighted by Crippen LogP contribution is 2.27. The highest BCUT2D eigenvalue weighted by Gasteiger charge is 2.10. The molecule has 138 valence electrons. The Morgan fingerprint density at radius 2 is 1.79 bits per heavy atom. The van der Waals surface area contributed by atoms with Crippen LogP contribution in [-0.2, 0) is 0 Å². The van der Waals surface area contributed by atoms with Crippen molar-refractivity contribution in [1.82, 2.24) is 9.97 Å². The number of benzene rings is 3. The van der Waals surface area contributed by atoms with Crippen LogP contribution < -0.4 is 0 Å². The van der Waals surface area contributed by atoms with Crippen molar-refractivity contribution in [3.05, 3.63) is 89.2 Å². The Morgan fingerprint density at radius 3 is 2.57 bits per heavy atom. The van der Waals surface area contributed by atoms with Crippen LogP contribution in [0.2, 0.25) is 0 Å². The van der Waals surface area contributed by atoms with Crippen molar-refractivity contribution in [1.29, 1.82) is 0 Å². The minimum Gasteiger partial charge on any atom is -0.338 e. The minimum absolute atomic E-state index is 0.00729. The van der Waals surface area contributed by atoms with E-state index in [0.29, 0.717) is 17.0 Å². The number of nitrogens with one attached hydrogen (secondary N) is 1. The van der Waals surface area contributed by atoms with Gasteiger partial charge in [0.25, 0.3) is 0 Å². The molecule has 0 saturated carbocycles. The molecular weight excluding hydrogens is 358 g/mol. The van der Waals surface area contributed by atoms with Gasteiger partial charge in [-0.25, -0.2) is 13.8 Å². The first-order valence-electron chi connectivity index (χ1n) is 8.74. The van der Waals surface area contributed by atoms with Crippen LogP contribution >= 0.6 is 0 Å². The number of halogens is 2. The second kappa shape index (κ2) is 7.19. The number of hydrogen-bond donors (Lipinski definition) is 1. The lowest BCUT2D eigenvalue weighted by atomic mass is 9.97. The van der Waals surface area contributed by atoms with Gasteiger partial charge in [-0.2, -0.15) is 0 Å². The van der Waals surface area contributed by atoms with Gasteiger partial charge in [-0.1, -0.05) is 42.5 Å². The number of carbonyl (C=O) groups is 1. The van der Waals surface area contributed by atoms with E-state index in [1.807, 2.05) is 42.5 Å². The number of rotatable bonds is 4. The third-order valence-corrected chi connectivity index (χ3v) is 4.50. The second-order valence-corrected chi connectivity index (χ2v) is 6.46. The van der Waals surface area contributed by atoms with Gasteiger partial charge in [-0.3, -0.25) is 4.79 Å². The molecule has 1 heterocycles. The standard InChI is InChI=1S/C23H16F2N2O/c1-14(28)17-4-2-3-5-18(17)16-8-10-21-22(13-16)27-23(26-21)11-7-15-6-9-19(24)20(25)12-15/h2-13H,1H3,(H,26,27)/b11-7+. The molecule has 0 fully saturated rings. The first-order valence-corrected chi connectivity index (χ1v) is 8.74. The SMILES string of the molecule is CC(=O)c1ccccc1-c1ccc2[nH]c(/C=C/c3ccc(F)c(F)c3)nc2c1. The topological polar surface area (TPSA) is 45.8 Å². The van der Waals surface area contributed by atoms with Gasteiger partial charge in [0.2, 0.25) is 0 Å². The van der Waals surface area contributed by atoms with Gasteiger partial charge >= 0.3 is 0 Å². The number of carbonyl (C=O) groups excluding carboxylic acids is 1. The molecule has 1 aromatic heterocycles. The third kappa shape index (κ3) is 3.47. The lowest BCUT2D eigenvalue weighted by Gasteiger charge is -2.06. The van der Waals surface area contributed by atoms with Crippen LogP contribution in [0.15, 0.2) is 60.7 Å². The van der Waals surface area contributed by atoms with E-state index < -0.39 is 11.6 Å². The molecule has 0 bridgehead atoms. The summed E-state index contributed by atoms with van der Waals surface area (Å²) in [6, 6.07) is 16.9. The van der Waals surface area contributed by atoms with E-state index >= 15 is 0 Å². The van der Waals surface area contributed by atoms with E-state index in [9.17, 15) is 13.6 Å². The van der Waals surface area contributed by atoms with Crippen molar-refractivity contribution in [2.75, 3.05) is 0 Å². The molecule has 5 heteroatoms. The number of hydrogen-bond acceptors (Lipinski definition) is 2.